The Bertz CT molecular complexity index is 612. The van der Waals surface area contributed by atoms with Gasteiger partial charge < -0.3 is 9.84 Å². The third-order valence-electron chi connectivity index (χ3n) is 4.02. The van der Waals surface area contributed by atoms with Crippen LogP contribution in [0.15, 0.2) is 35.5 Å². The molecule has 1 atom stereocenters. The van der Waals surface area contributed by atoms with E-state index in [0.717, 1.165) is 6.08 Å². The maximum Gasteiger partial charge on any atom is 0.416 e. The molecular formula is C17H21F3O4. The van der Waals surface area contributed by atoms with Gasteiger partial charge in [-0.25, -0.2) is 4.79 Å². The van der Waals surface area contributed by atoms with Crippen LogP contribution in [0.3, 0.4) is 0 Å². The first-order valence-electron chi connectivity index (χ1n) is 7.42. The molecule has 0 radical (unpaired) electrons. The van der Waals surface area contributed by atoms with Gasteiger partial charge >= 0.3 is 12.1 Å². The van der Waals surface area contributed by atoms with Crippen molar-refractivity contribution >= 4 is 11.8 Å². The van der Waals surface area contributed by atoms with Crippen LogP contribution in [0.5, 0.6) is 0 Å². The number of hydrogen-bond acceptors (Lipinski definition) is 4. The maximum atomic E-state index is 13.1. The van der Waals surface area contributed by atoms with Crippen molar-refractivity contribution in [1.29, 1.82) is 0 Å². The Morgan fingerprint density at radius 1 is 1.42 bits per heavy atom. The van der Waals surface area contributed by atoms with Crippen molar-refractivity contribution in [2.45, 2.75) is 45.9 Å². The molecule has 134 valence electrons. The molecular weight excluding hydrogens is 325 g/mol. The second-order valence-corrected chi connectivity index (χ2v) is 6.30. The van der Waals surface area contributed by atoms with Crippen molar-refractivity contribution in [2.75, 3.05) is 6.61 Å². The summed E-state index contributed by atoms with van der Waals surface area (Å²) < 4.78 is 43.7. The number of hydrogen-bond donors (Lipinski definition) is 1. The normalized spacial score (nSPS) is 24.9. The molecule has 0 spiro atoms. The zero-order chi connectivity index (χ0) is 18.8. The summed E-state index contributed by atoms with van der Waals surface area (Å²) in [4.78, 5) is 22.9. The Labute approximate surface area is 138 Å². The zero-order valence-electron chi connectivity index (χ0n) is 14.0. The van der Waals surface area contributed by atoms with E-state index in [4.69, 9.17) is 0 Å². The average molecular weight is 346 g/mol. The highest BCUT2D eigenvalue weighted by Crippen LogP contribution is 2.44. The maximum absolute atomic E-state index is 13.1. The Hall–Kier alpha value is -1.89. The monoisotopic (exact) mass is 346 g/mol. The molecule has 0 saturated carbocycles. The zero-order valence-corrected chi connectivity index (χ0v) is 14.0. The third-order valence-corrected chi connectivity index (χ3v) is 4.02. The predicted molar refractivity (Wildman–Crippen MR) is 82.0 cm³/mol. The molecule has 0 fully saturated rings. The SMILES string of the molecule is CCOC(=O)C=C(C=CC1(O)C(C)=CC(=O)CC1(C)C)C(F)(F)F. The Kier molecular flexibility index (Phi) is 5.82. The molecule has 0 aromatic carbocycles. The summed E-state index contributed by atoms with van der Waals surface area (Å²) >= 11 is 0. The van der Waals surface area contributed by atoms with Gasteiger partial charge in [-0.1, -0.05) is 19.9 Å². The molecule has 1 aliphatic carbocycles. The number of ether oxygens (including phenoxy) is 1. The molecule has 0 aromatic heterocycles. The highest BCUT2D eigenvalue weighted by Gasteiger charge is 2.47. The molecule has 0 bridgehead atoms. The first-order chi connectivity index (χ1) is 10.8. The summed E-state index contributed by atoms with van der Waals surface area (Å²) in [5.74, 6) is -1.32. The lowest BCUT2D eigenvalue weighted by molar-refractivity contribution is -0.138. The van der Waals surface area contributed by atoms with E-state index in [9.17, 15) is 27.9 Å². The summed E-state index contributed by atoms with van der Waals surface area (Å²) in [5, 5.41) is 10.8. The quantitative estimate of drug-likeness (QED) is 0.482. The van der Waals surface area contributed by atoms with E-state index in [-0.39, 0.29) is 24.4 Å². The Morgan fingerprint density at radius 2 is 2.00 bits per heavy atom. The summed E-state index contributed by atoms with van der Waals surface area (Å²) in [5.41, 5.74) is -3.72. The van der Waals surface area contributed by atoms with Crippen LogP contribution in [0.4, 0.5) is 13.2 Å². The first-order valence-corrected chi connectivity index (χ1v) is 7.42. The van der Waals surface area contributed by atoms with E-state index in [1.54, 1.807) is 13.8 Å². The molecule has 0 aromatic rings. The Morgan fingerprint density at radius 3 is 2.46 bits per heavy atom. The second kappa shape index (κ2) is 6.93. The van der Waals surface area contributed by atoms with Gasteiger partial charge in [-0.05, 0) is 31.6 Å². The number of halogens is 3. The lowest BCUT2D eigenvalue weighted by Crippen LogP contribution is -2.48. The van der Waals surface area contributed by atoms with Crippen LogP contribution in [-0.4, -0.2) is 35.2 Å². The minimum atomic E-state index is -4.79. The molecule has 0 saturated heterocycles. The number of alkyl halides is 3. The average Bonchev–Trinajstić information content (AvgIpc) is 2.39. The number of esters is 1. The van der Waals surface area contributed by atoms with Gasteiger partial charge in [0.1, 0.15) is 5.60 Å². The fourth-order valence-corrected chi connectivity index (χ4v) is 2.61. The van der Waals surface area contributed by atoms with E-state index in [0.29, 0.717) is 12.2 Å². The van der Waals surface area contributed by atoms with E-state index >= 15 is 0 Å². The van der Waals surface area contributed by atoms with Gasteiger partial charge in [0.2, 0.25) is 0 Å². The summed E-state index contributed by atoms with van der Waals surface area (Å²) in [7, 11) is 0. The Balaban J connectivity index is 3.29. The summed E-state index contributed by atoms with van der Waals surface area (Å²) in [6, 6.07) is 0. The van der Waals surface area contributed by atoms with Crippen LogP contribution in [0.1, 0.15) is 34.1 Å². The van der Waals surface area contributed by atoms with Crippen LogP contribution in [-0.2, 0) is 14.3 Å². The molecule has 0 heterocycles. The smallest absolute Gasteiger partial charge is 0.416 e. The number of rotatable bonds is 4. The van der Waals surface area contributed by atoms with Crippen molar-refractivity contribution in [2.24, 2.45) is 5.41 Å². The van der Waals surface area contributed by atoms with E-state index in [2.05, 4.69) is 4.74 Å². The van der Waals surface area contributed by atoms with Gasteiger partial charge in [0.15, 0.2) is 5.78 Å². The highest BCUT2D eigenvalue weighted by molar-refractivity contribution is 5.92. The standard InChI is InChI=1S/C17H21F3O4/c1-5-24-14(22)9-12(17(18,19)20)6-7-16(23)11(2)8-13(21)10-15(16,3)4/h6-9,23H,5,10H2,1-4H3. The fourth-order valence-electron chi connectivity index (χ4n) is 2.61. The molecule has 1 unspecified atom stereocenters. The van der Waals surface area contributed by atoms with Gasteiger partial charge in [-0.15, -0.1) is 0 Å². The number of carbonyl (C=O) groups excluding carboxylic acids is 2. The van der Waals surface area contributed by atoms with E-state index < -0.39 is 28.7 Å². The number of allylic oxidation sites excluding steroid dienone is 3. The molecule has 24 heavy (non-hydrogen) atoms. The third kappa shape index (κ3) is 4.35. The van der Waals surface area contributed by atoms with Crippen LogP contribution in [0.2, 0.25) is 0 Å². The largest absolute Gasteiger partial charge is 0.463 e. The van der Waals surface area contributed by atoms with Gasteiger partial charge in [0.25, 0.3) is 0 Å². The second-order valence-electron chi connectivity index (χ2n) is 6.30. The lowest BCUT2D eigenvalue weighted by Gasteiger charge is -2.44. The van der Waals surface area contributed by atoms with Crippen molar-refractivity contribution < 1.29 is 32.6 Å². The molecule has 0 amide bonds. The molecule has 1 rings (SSSR count). The van der Waals surface area contributed by atoms with Crippen LogP contribution in [0.25, 0.3) is 0 Å². The molecule has 1 N–H and O–H groups in total. The van der Waals surface area contributed by atoms with Crippen molar-refractivity contribution in [3.63, 3.8) is 0 Å². The molecule has 7 heteroatoms. The van der Waals surface area contributed by atoms with Crippen LogP contribution >= 0.6 is 0 Å². The van der Waals surface area contributed by atoms with Crippen molar-refractivity contribution in [3.05, 3.63) is 35.5 Å². The van der Waals surface area contributed by atoms with Gasteiger partial charge in [-0.2, -0.15) is 13.2 Å². The van der Waals surface area contributed by atoms with Gasteiger partial charge in [-0.3, -0.25) is 4.79 Å². The topological polar surface area (TPSA) is 63.6 Å². The predicted octanol–water partition coefficient (Wildman–Crippen LogP) is 3.27. The number of aliphatic hydroxyl groups is 1. The highest BCUT2D eigenvalue weighted by atomic mass is 19.4. The summed E-state index contributed by atoms with van der Waals surface area (Å²) in [6.45, 7) is 6.09. The number of carbonyl (C=O) groups is 2. The fraction of sp³-hybridized carbons (Fsp3) is 0.529. The van der Waals surface area contributed by atoms with Crippen LogP contribution < -0.4 is 0 Å². The molecule has 4 nitrogen and oxygen atoms in total. The van der Waals surface area contributed by atoms with Gasteiger partial charge in [0.05, 0.1) is 12.2 Å². The molecule has 0 aliphatic heterocycles. The van der Waals surface area contributed by atoms with Crippen molar-refractivity contribution in [1.82, 2.24) is 0 Å². The lowest BCUT2D eigenvalue weighted by atomic mass is 9.64. The molecule has 1 aliphatic rings. The van der Waals surface area contributed by atoms with E-state index in [1.165, 1.54) is 19.9 Å². The van der Waals surface area contributed by atoms with E-state index in [1.807, 2.05) is 0 Å². The van der Waals surface area contributed by atoms with Crippen LogP contribution in [0, 0.1) is 5.41 Å². The first kappa shape index (κ1) is 20.2. The minimum Gasteiger partial charge on any atom is -0.463 e. The minimum absolute atomic E-state index is 0.00583. The van der Waals surface area contributed by atoms with Crippen molar-refractivity contribution in [3.8, 4) is 0 Å². The van der Waals surface area contributed by atoms with Gasteiger partial charge in [0, 0.05) is 17.9 Å². The number of ketones is 1. The summed E-state index contributed by atoms with van der Waals surface area (Å²) in [6.07, 6.45) is -1.61.